The van der Waals surface area contributed by atoms with Crippen LogP contribution in [-0.4, -0.2) is 30.4 Å². The average Bonchev–Trinajstić information content (AvgIpc) is 2.35. The molecule has 0 bridgehead atoms. The van der Waals surface area contributed by atoms with Gasteiger partial charge in [-0.2, -0.15) is 0 Å². The van der Waals surface area contributed by atoms with Crippen molar-refractivity contribution < 1.29 is 9.59 Å². The number of nitrogens with one attached hydrogen (secondary N) is 2. The highest BCUT2D eigenvalue weighted by atomic mass is 79.9. The summed E-state index contributed by atoms with van der Waals surface area (Å²) in [4.78, 5) is 27.4. The molecule has 0 aromatic carbocycles. The topological polar surface area (TPSA) is 71.1 Å². The van der Waals surface area contributed by atoms with E-state index in [9.17, 15) is 9.59 Å². The number of rotatable bonds is 4. The van der Waals surface area contributed by atoms with Crippen molar-refractivity contribution in [1.82, 2.24) is 15.6 Å². The van der Waals surface area contributed by atoms with Crippen LogP contribution in [0.2, 0.25) is 0 Å². The first-order chi connectivity index (χ1) is 8.36. The molecule has 0 aliphatic rings. The van der Waals surface area contributed by atoms with Crippen molar-refractivity contribution in [3.63, 3.8) is 0 Å². The van der Waals surface area contributed by atoms with E-state index < -0.39 is 5.41 Å². The van der Waals surface area contributed by atoms with E-state index in [2.05, 4.69) is 31.5 Å². The summed E-state index contributed by atoms with van der Waals surface area (Å²) >= 11 is 3.20. The van der Waals surface area contributed by atoms with Crippen molar-refractivity contribution in [2.45, 2.75) is 13.8 Å². The molecule has 6 heteroatoms. The molecule has 0 radical (unpaired) electrons. The van der Waals surface area contributed by atoms with E-state index in [1.165, 1.54) is 0 Å². The third-order valence-electron chi connectivity index (χ3n) is 2.48. The first-order valence-corrected chi connectivity index (χ1v) is 6.29. The molecule has 1 heterocycles. The Kier molecular flexibility index (Phi) is 4.84. The van der Waals surface area contributed by atoms with Crippen molar-refractivity contribution in [2.24, 2.45) is 5.41 Å². The van der Waals surface area contributed by atoms with Gasteiger partial charge in [-0.3, -0.25) is 9.59 Å². The summed E-state index contributed by atoms with van der Waals surface area (Å²) in [5, 5.41) is 5.26. The highest BCUT2D eigenvalue weighted by Crippen LogP contribution is 2.13. The summed E-state index contributed by atoms with van der Waals surface area (Å²) < 4.78 is 0.598. The third-order valence-corrected chi connectivity index (χ3v) is 2.92. The molecule has 5 nitrogen and oxygen atoms in total. The lowest BCUT2D eigenvalue weighted by atomic mass is 9.92. The number of carbonyl (C=O) groups excluding carboxylic acids is 2. The van der Waals surface area contributed by atoms with E-state index in [1.54, 1.807) is 39.1 Å². The summed E-state index contributed by atoms with van der Waals surface area (Å²) in [6, 6.07) is 5.09. The predicted octanol–water partition coefficient (Wildman–Crippen LogP) is 1.35. The van der Waals surface area contributed by atoms with E-state index in [-0.39, 0.29) is 18.4 Å². The van der Waals surface area contributed by atoms with Gasteiger partial charge in [0.2, 0.25) is 5.91 Å². The van der Waals surface area contributed by atoms with Gasteiger partial charge in [0.25, 0.3) is 5.91 Å². The largest absolute Gasteiger partial charge is 0.359 e. The SMILES string of the molecule is CNC(=O)C(C)(C)CNC(=O)c1cccc(Br)n1. The Morgan fingerprint density at radius 3 is 2.61 bits per heavy atom. The minimum Gasteiger partial charge on any atom is -0.359 e. The molecule has 0 atom stereocenters. The van der Waals surface area contributed by atoms with Crippen LogP contribution in [0.25, 0.3) is 0 Å². The zero-order chi connectivity index (χ0) is 13.8. The summed E-state index contributed by atoms with van der Waals surface area (Å²) in [7, 11) is 1.57. The Morgan fingerprint density at radius 1 is 1.39 bits per heavy atom. The number of hydrogen-bond acceptors (Lipinski definition) is 3. The van der Waals surface area contributed by atoms with Crippen molar-refractivity contribution in [3.05, 3.63) is 28.5 Å². The number of aromatic nitrogens is 1. The van der Waals surface area contributed by atoms with E-state index in [0.717, 1.165) is 0 Å². The monoisotopic (exact) mass is 313 g/mol. The van der Waals surface area contributed by atoms with Gasteiger partial charge in [-0.1, -0.05) is 6.07 Å². The van der Waals surface area contributed by atoms with Gasteiger partial charge in [0.1, 0.15) is 10.3 Å². The second-order valence-electron chi connectivity index (χ2n) is 4.49. The fourth-order valence-corrected chi connectivity index (χ4v) is 1.69. The van der Waals surface area contributed by atoms with E-state index in [4.69, 9.17) is 0 Å². The van der Waals surface area contributed by atoms with Crippen LogP contribution < -0.4 is 10.6 Å². The lowest BCUT2D eigenvalue weighted by Crippen LogP contribution is -2.43. The fourth-order valence-electron chi connectivity index (χ4n) is 1.35. The normalized spacial score (nSPS) is 10.9. The molecule has 0 aliphatic heterocycles. The molecule has 2 amide bonds. The first kappa shape index (κ1) is 14.6. The highest BCUT2D eigenvalue weighted by Gasteiger charge is 2.27. The third kappa shape index (κ3) is 3.80. The second-order valence-corrected chi connectivity index (χ2v) is 5.30. The van der Waals surface area contributed by atoms with Crippen LogP contribution in [0.5, 0.6) is 0 Å². The molecule has 18 heavy (non-hydrogen) atoms. The first-order valence-electron chi connectivity index (χ1n) is 5.50. The Bertz CT molecular complexity index is 460. The number of halogens is 1. The molecule has 1 aromatic heterocycles. The average molecular weight is 314 g/mol. The molecule has 98 valence electrons. The number of hydrogen-bond donors (Lipinski definition) is 2. The van der Waals surface area contributed by atoms with Gasteiger partial charge >= 0.3 is 0 Å². The number of nitrogens with zero attached hydrogens (tertiary/aromatic N) is 1. The van der Waals surface area contributed by atoms with Crippen LogP contribution in [0.4, 0.5) is 0 Å². The summed E-state index contributed by atoms with van der Waals surface area (Å²) in [5.41, 5.74) is -0.340. The highest BCUT2D eigenvalue weighted by molar-refractivity contribution is 9.10. The molecular formula is C12H16BrN3O2. The van der Waals surface area contributed by atoms with Gasteiger partial charge < -0.3 is 10.6 Å². The number of carbonyl (C=O) groups is 2. The van der Waals surface area contributed by atoms with E-state index in [1.807, 2.05) is 0 Å². The lowest BCUT2D eigenvalue weighted by molar-refractivity contribution is -0.128. The van der Waals surface area contributed by atoms with E-state index in [0.29, 0.717) is 10.3 Å². The molecule has 1 aromatic rings. The Morgan fingerprint density at radius 2 is 2.06 bits per heavy atom. The van der Waals surface area contributed by atoms with Crippen molar-refractivity contribution >= 4 is 27.7 Å². The van der Waals surface area contributed by atoms with E-state index >= 15 is 0 Å². The maximum Gasteiger partial charge on any atom is 0.269 e. The minimum atomic E-state index is -0.656. The zero-order valence-corrected chi connectivity index (χ0v) is 12.2. The maximum absolute atomic E-state index is 11.8. The van der Waals surface area contributed by atoms with Crippen LogP contribution in [-0.2, 0) is 4.79 Å². The Labute approximate surface area is 114 Å². The smallest absolute Gasteiger partial charge is 0.269 e. The Balaban J connectivity index is 2.64. The van der Waals surface area contributed by atoms with Gasteiger partial charge in [-0.05, 0) is 41.9 Å². The predicted molar refractivity (Wildman–Crippen MR) is 72.1 cm³/mol. The molecule has 0 saturated heterocycles. The summed E-state index contributed by atoms with van der Waals surface area (Å²) in [6.45, 7) is 3.78. The van der Waals surface area contributed by atoms with Crippen LogP contribution in [0.1, 0.15) is 24.3 Å². The number of pyridine rings is 1. The molecule has 0 fully saturated rings. The van der Waals surface area contributed by atoms with Crippen molar-refractivity contribution in [3.8, 4) is 0 Å². The molecular weight excluding hydrogens is 298 g/mol. The molecule has 2 N–H and O–H groups in total. The molecule has 0 spiro atoms. The second kappa shape index (κ2) is 5.95. The van der Waals surface area contributed by atoms with Crippen LogP contribution in [0, 0.1) is 5.41 Å². The number of amides is 2. The van der Waals surface area contributed by atoms with Gasteiger partial charge in [0, 0.05) is 13.6 Å². The van der Waals surface area contributed by atoms with Crippen LogP contribution >= 0.6 is 15.9 Å². The maximum atomic E-state index is 11.8. The molecule has 0 saturated carbocycles. The van der Waals surface area contributed by atoms with Crippen LogP contribution in [0.15, 0.2) is 22.8 Å². The summed E-state index contributed by atoms with van der Waals surface area (Å²) in [5.74, 6) is -0.418. The van der Waals surface area contributed by atoms with Gasteiger partial charge in [0.05, 0.1) is 5.41 Å². The van der Waals surface area contributed by atoms with Gasteiger partial charge in [-0.25, -0.2) is 4.98 Å². The van der Waals surface area contributed by atoms with Gasteiger partial charge in [0.15, 0.2) is 0 Å². The van der Waals surface area contributed by atoms with Gasteiger partial charge in [-0.15, -0.1) is 0 Å². The summed E-state index contributed by atoms with van der Waals surface area (Å²) in [6.07, 6.45) is 0. The minimum absolute atomic E-state index is 0.120. The lowest BCUT2D eigenvalue weighted by Gasteiger charge is -2.22. The van der Waals surface area contributed by atoms with Crippen molar-refractivity contribution in [2.75, 3.05) is 13.6 Å². The molecule has 1 rings (SSSR count). The quantitative estimate of drug-likeness (QED) is 0.824. The standard InChI is InChI=1S/C12H16BrN3O2/c1-12(2,11(18)14-3)7-15-10(17)8-5-4-6-9(13)16-8/h4-6H,7H2,1-3H3,(H,14,18)(H,15,17). The van der Waals surface area contributed by atoms with Crippen molar-refractivity contribution in [1.29, 1.82) is 0 Å². The molecule has 0 aliphatic carbocycles. The van der Waals surface area contributed by atoms with Crippen LogP contribution in [0.3, 0.4) is 0 Å². The Hall–Kier alpha value is -1.43. The molecule has 0 unspecified atom stereocenters. The fraction of sp³-hybridized carbons (Fsp3) is 0.417. The zero-order valence-electron chi connectivity index (χ0n) is 10.6.